The van der Waals surface area contributed by atoms with Gasteiger partial charge in [0.1, 0.15) is 22.7 Å². The maximum absolute atomic E-state index is 13.1. The van der Waals surface area contributed by atoms with Crippen LogP contribution in [0.4, 0.5) is 0 Å². The van der Waals surface area contributed by atoms with Gasteiger partial charge in [-0.3, -0.25) is 4.79 Å². The third-order valence-corrected chi connectivity index (χ3v) is 4.87. The zero-order valence-electron chi connectivity index (χ0n) is 15.7. The van der Waals surface area contributed by atoms with Crippen LogP contribution >= 0.6 is 0 Å². The van der Waals surface area contributed by atoms with Crippen molar-refractivity contribution in [3.63, 3.8) is 0 Å². The van der Waals surface area contributed by atoms with E-state index in [1.807, 2.05) is 6.07 Å². The van der Waals surface area contributed by atoms with Crippen LogP contribution in [0.2, 0.25) is 0 Å². The molecule has 0 aliphatic carbocycles. The van der Waals surface area contributed by atoms with Gasteiger partial charge in [0, 0.05) is 19.5 Å². The van der Waals surface area contributed by atoms with Crippen molar-refractivity contribution in [2.75, 3.05) is 19.6 Å². The number of hydrogen-bond donors (Lipinski definition) is 2. The first-order chi connectivity index (χ1) is 13.0. The lowest BCUT2D eigenvalue weighted by Crippen LogP contribution is -2.33. The number of hydrogen-bond acceptors (Lipinski definition) is 5. The minimum Gasteiger partial charge on any atom is -0.508 e. The largest absolute Gasteiger partial charge is 0.508 e. The van der Waals surface area contributed by atoms with E-state index in [9.17, 15) is 15.0 Å². The van der Waals surface area contributed by atoms with E-state index in [4.69, 9.17) is 0 Å². The van der Waals surface area contributed by atoms with Gasteiger partial charge in [0.05, 0.1) is 5.52 Å². The van der Waals surface area contributed by atoms with E-state index in [2.05, 4.69) is 23.7 Å². The molecule has 2 aromatic carbocycles. The molecule has 0 aliphatic heterocycles. The molecule has 1 aromatic heterocycles. The molecule has 6 nitrogen and oxygen atoms in total. The maximum atomic E-state index is 13.1. The van der Waals surface area contributed by atoms with Crippen LogP contribution in [0.15, 0.2) is 47.3 Å². The van der Waals surface area contributed by atoms with Gasteiger partial charge in [-0.2, -0.15) is 0 Å². The monoisotopic (exact) mass is 367 g/mol. The molecule has 0 atom stereocenters. The summed E-state index contributed by atoms with van der Waals surface area (Å²) in [5, 5.41) is 19.7. The summed E-state index contributed by atoms with van der Waals surface area (Å²) in [6, 6.07) is 11.8. The molecule has 2 N–H and O–H groups in total. The van der Waals surface area contributed by atoms with E-state index >= 15 is 0 Å². The van der Waals surface area contributed by atoms with Gasteiger partial charge in [-0.15, -0.1) is 0 Å². The molecular formula is C21H25N3O3. The fraction of sp³-hybridized carbons (Fsp3) is 0.333. The summed E-state index contributed by atoms with van der Waals surface area (Å²) in [7, 11) is 0. The minimum absolute atomic E-state index is 0.0658. The minimum atomic E-state index is -0.145. The number of aromatic hydroxyl groups is 2. The van der Waals surface area contributed by atoms with E-state index in [0.717, 1.165) is 25.2 Å². The number of phenols is 2. The molecule has 0 radical (unpaired) electrons. The van der Waals surface area contributed by atoms with E-state index < -0.39 is 0 Å². The topological polar surface area (TPSA) is 78.6 Å². The number of phenolic OH excluding ortho intramolecular Hbond substituents is 2. The Bertz CT molecular complexity index is 976. The quantitative estimate of drug-likeness (QED) is 0.671. The maximum Gasteiger partial charge on any atom is 0.273 e. The summed E-state index contributed by atoms with van der Waals surface area (Å²) in [5.74, 6) is 0.246. The van der Waals surface area contributed by atoms with Crippen molar-refractivity contribution in [2.45, 2.75) is 26.8 Å². The molecule has 3 rings (SSSR count). The molecule has 142 valence electrons. The Morgan fingerprint density at radius 3 is 2.41 bits per heavy atom. The molecule has 0 saturated carbocycles. The third-order valence-electron chi connectivity index (χ3n) is 4.87. The molecule has 0 bridgehead atoms. The van der Waals surface area contributed by atoms with Crippen molar-refractivity contribution in [3.05, 3.63) is 64.1 Å². The highest BCUT2D eigenvalue weighted by Crippen LogP contribution is 2.22. The van der Waals surface area contributed by atoms with E-state index in [1.165, 1.54) is 0 Å². The molecule has 0 amide bonds. The summed E-state index contributed by atoms with van der Waals surface area (Å²) < 4.78 is 1.70. The molecule has 0 spiro atoms. The Balaban J connectivity index is 2.06. The number of aromatic nitrogens is 2. The Morgan fingerprint density at radius 2 is 1.74 bits per heavy atom. The first-order valence-corrected chi connectivity index (χ1v) is 9.25. The van der Waals surface area contributed by atoms with Crippen molar-refractivity contribution >= 4 is 11.0 Å². The van der Waals surface area contributed by atoms with Crippen LogP contribution in [0.1, 0.15) is 25.1 Å². The lowest BCUT2D eigenvalue weighted by Gasteiger charge is -2.20. The number of para-hydroxylation sites is 1. The van der Waals surface area contributed by atoms with Crippen molar-refractivity contribution in [1.29, 1.82) is 0 Å². The molecule has 0 fully saturated rings. The highest BCUT2D eigenvalue weighted by atomic mass is 16.3. The van der Waals surface area contributed by atoms with Crippen LogP contribution in [0.25, 0.3) is 11.0 Å². The normalized spacial score (nSPS) is 11.4. The predicted molar refractivity (Wildman–Crippen MR) is 106 cm³/mol. The van der Waals surface area contributed by atoms with Gasteiger partial charge in [-0.05, 0) is 42.9 Å². The highest BCUT2D eigenvalue weighted by Gasteiger charge is 2.14. The summed E-state index contributed by atoms with van der Waals surface area (Å²) >= 11 is 0. The zero-order chi connectivity index (χ0) is 19.4. The standard InChI is InChI=1S/C21H25N3O3/c1-3-23(4-2)12-13-24-18-6-5-7-19(26)20(18)22-17(21(24)27)14-15-8-10-16(25)11-9-15/h5-11,25-26H,3-4,12-14H2,1-2H3. The zero-order valence-corrected chi connectivity index (χ0v) is 15.7. The van der Waals surface area contributed by atoms with Gasteiger partial charge in [0.15, 0.2) is 0 Å². The van der Waals surface area contributed by atoms with Crippen LogP contribution in [0.5, 0.6) is 11.5 Å². The lowest BCUT2D eigenvalue weighted by atomic mass is 10.1. The Morgan fingerprint density at radius 1 is 1.04 bits per heavy atom. The van der Waals surface area contributed by atoms with Crippen LogP contribution < -0.4 is 5.56 Å². The molecule has 0 unspecified atom stereocenters. The Hall–Kier alpha value is -2.86. The van der Waals surface area contributed by atoms with Crippen LogP contribution in [-0.2, 0) is 13.0 Å². The van der Waals surface area contributed by atoms with Crippen molar-refractivity contribution < 1.29 is 10.2 Å². The number of likely N-dealkylation sites (N-methyl/N-ethyl adjacent to an activating group) is 1. The second kappa shape index (κ2) is 8.22. The molecule has 1 heterocycles. The average molecular weight is 367 g/mol. The van der Waals surface area contributed by atoms with Gasteiger partial charge in [-0.1, -0.05) is 32.0 Å². The SMILES string of the molecule is CCN(CC)CCn1c(=O)c(Cc2ccc(O)cc2)nc2c(O)cccc21. The van der Waals surface area contributed by atoms with Crippen molar-refractivity contribution in [2.24, 2.45) is 0 Å². The summed E-state index contributed by atoms with van der Waals surface area (Å²) in [6.07, 6.45) is 0.342. The third kappa shape index (κ3) is 4.11. The van der Waals surface area contributed by atoms with Gasteiger partial charge >= 0.3 is 0 Å². The molecule has 27 heavy (non-hydrogen) atoms. The molecule has 0 saturated heterocycles. The predicted octanol–water partition coefficient (Wildman–Crippen LogP) is 2.74. The van der Waals surface area contributed by atoms with Gasteiger partial charge in [-0.25, -0.2) is 4.98 Å². The fourth-order valence-electron chi connectivity index (χ4n) is 3.23. The first kappa shape index (κ1) is 18.9. The highest BCUT2D eigenvalue weighted by molar-refractivity contribution is 5.81. The number of fused-ring (bicyclic) bond motifs is 1. The second-order valence-electron chi connectivity index (χ2n) is 6.53. The van der Waals surface area contributed by atoms with Gasteiger partial charge < -0.3 is 19.7 Å². The van der Waals surface area contributed by atoms with E-state index in [-0.39, 0.29) is 17.1 Å². The van der Waals surface area contributed by atoms with E-state index in [0.29, 0.717) is 29.7 Å². The molecule has 6 heteroatoms. The summed E-state index contributed by atoms with van der Waals surface area (Å²) in [6.45, 7) is 7.31. The number of nitrogens with zero attached hydrogens (tertiary/aromatic N) is 3. The van der Waals surface area contributed by atoms with Crippen molar-refractivity contribution in [1.82, 2.24) is 14.5 Å². The summed E-state index contributed by atoms with van der Waals surface area (Å²) in [5.41, 5.74) is 2.19. The number of benzene rings is 2. The molecule has 0 aliphatic rings. The van der Waals surface area contributed by atoms with Gasteiger partial charge in [0.2, 0.25) is 0 Å². The van der Waals surface area contributed by atoms with Crippen molar-refractivity contribution in [3.8, 4) is 11.5 Å². The summed E-state index contributed by atoms with van der Waals surface area (Å²) in [4.78, 5) is 19.8. The molecular weight excluding hydrogens is 342 g/mol. The fourth-order valence-corrected chi connectivity index (χ4v) is 3.23. The Kier molecular flexibility index (Phi) is 5.76. The lowest BCUT2D eigenvalue weighted by molar-refractivity contribution is 0.290. The van der Waals surface area contributed by atoms with Crippen LogP contribution in [0.3, 0.4) is 0 Å². The smallest absolute Gasteiger partial charge is 0.273 e. The molecule has 3 aromatic rings. The van der Waals surface area contributed by atoms with Crippen LogP contribution in [-0.4, -0.2) is 44.3 Å². The van der Waals surface area contributed by atoms with E-state index in [1.54, 1.807) is 41.0 Å². The second-order valence-corrected chi connectivity index (χ2v) is 6.53. The number of rotatable bonds is 7. The van der Waals surface area contributed by atoms with Gasteiger partial charge in [0.25, 0.3) is 5.56 Å². The van der Waals surface area contributed by atoms with Crippen LogP contribution in [0, 0.1) is 0 Å². The first-order valence-electron chi connectivity index (χ1n) is 9.25. The Labute approximate surface area is 158 Å². The average Bonchev–Trinajstić information content (AvgIpc) is 2.67.